The Morgan fingerprint density at radius 1 is 1.09 bits per heavy atom. The highest BCUT2D eigenvalue weighted by atomic mass is 16.1. The van der Waals surface area contributed by atoms with Gasteiger partial charge in [-0.15, -0.1) is 0 Å². The predicted molar refractivity (Wildman–Crippen MR) is 48.5 cm³/mol. The van der Waals surface area contributed by atoms with Gasteiger partial charge in [-0.1, -0.05) is 31.2 Å². The first-order chi connectivity index (χ1) is 5.41. The number of carbonyl (C=O) groups excluding carboxylic acids is 1. The second kappa shape index (κ2) is 9.15. The third kappa shape index (κ3) is 9.15. The number of carbonyl (C=O) groups is 1. The minimum atomic E-state index is 0.713. The average molecular weight is 152 g/mol. The Kier molecular flexibility index (Phi) is 8.44. The normalized spacial score (nSPS) is 10.2. The topological polar surface area (TPSA) is 17.1 Å². The summed E-state index contributed by atoms with van der Waals surface area (Å²) in [7, 11) is 0. The van der Waals surface area contributed by atoms with Crippen LogP contribution in [0.5, 0.6) is 0 Å². The van der Waals surface area contributed by atoms with Gasteiger partial charge in [0.25, 0.3) is 0 Å². The van der Waals surface area contributed by atoms with E-state index in [9.17, 15) is 4.79 Å². The van der Waals surface area contributed by atoms with Crippen molar-refractivity contribution in [2.45, 2.75) is 32.1 Å². The van der Waals surface area contributed by atoms with Gasteiger partial charge in [-0.05, 0) is 19.3 Å². The average Bonchev–Trinajstić information content (AvgIpc) is 2.03. The van der Waals surface area contributed by atoms with Crippen molar-refractivity contribution in [1.29, 1.82) is 0 Å². The van der Waals surface area contributed by atoms with E-state index in [2.05, 4.69) is 12.7 Å². The van der Waals surface area contributed by atoms with Crippen molar-refractivity contribution >= 4 is 6.29 Å². The molecule has 11 heavy (non-hydrogen) atoms. The summed E-state index contributed by atoms with van der Waals surface area (Å²) in [4.78, 5) is 9.91. The van der Waals surface area contributed by atoms with Crippen molar-refractivity contribution in [1.82, 2.24) is 0 Å². The van der Waals surface area contributed by atoms with E-state index in [-0.39, 0.29) is 0 Å². The van der Waals surface area contributed by atoms with Crippen LogP contribution < -0.4 is 0 Å². The fourth-order valence-electron chi connectivity index (χ4n) is 0.859. The zero-order valence-corrected chi connectivity index (χ0v) is 6.96. The lowest BCUT2D eigenvalue weighted by atomic mass is 10.1. The Labute approximate surface area is 68.8 Å². The Balaban J connectivity index is 2.95. The molecule has 0 aromatic heterocycles. The molecular weight excluding hydrogens is 136 g/mol. The molecule has 0 aliphatic carbocycles. The largest absolute Gasteiger partial charge is 0.303 e. The molecule has 0 saturated heterocycles. The summed E-state index contributed by atoms with van der Waals surface area (Å²) in [5.41, 5.74) is 0. The summed E-state index contributed by atoms with van der Waals surface area (Å²) >= 11 is 0. The van der Waals surface area contributed by atoms with Crippen molar-refractivity contribution in [2.24, 2.45) is 0 Å². The van der Waals surface area contributed by atoms with Crippen molar-refractivity contribution in [2.75, 3.05) is 0 Å². The second-order valence-electron chi connectivity index (χ2n) is 2.47. The molecule has 0 aromatic carbocycles. The third-order valence-corrected chi connectivity index (χ3v) is 1.46. The van der Waals surface area contributed by atoms with Crippen molar-refractivity contribution in [3.63, 3.8) is 0 Å². The summed E-state index contributed by atoms with van der Waals surface area (Å²) in [6.45, 7) is 3.57. The number of allylic oxidation sites excluding steroid dienone is 3. The van der Waals surface area contributed by atoms with Crippen LogP contribution in [0.3, 0.4) is 0 Å². The number of rotatable bonds is 7. The van der Waals surface area contributed by atoms with Gasteiger partial charge in [0.15, 0.2) is 0 Å². The van der Waals surface area contributed by atoms with Crippen molar-refractivity contribution in [3.05, 3.63) is 24.8 Å². The van der Waals surface area contributed by atoms with E-state index in [1.807, 2.05) is 6.08 Å². The number of hydrogen-bond donors (Lipinski definition) is 0. The first kappa shape index (κ1) is 10.2. The molecule has 0 rings (SSSR count). The first-order valence-corrected chi connectivity index (χ1v) is 4.13. The minimum Gasteiger partial charge on any atom is -0.303 e. The van der Waals surface area contributed by atoms with E-state index >= 15 is 0 Å². The summed E-state index contributed by atoms with van der Waals surface area (Å²) < 4.78 is 0. The Morgan fingerprint density at radius 2 is 1.82 bits per heavy atom. The molecule has 0 spiro atoms. The molecule has 0 aliphatic rings. The van der Waals surface area contributed by atoms with Gasteiger partial charge >= 0.3 is 0 Å². The van der Waals surface area contributed by atoms with Crippen LogP contribution in [0.2, 0.25) is 0 Å². The van der Waals surface area contributed by atoms with Crippen molar-refractivity contribution < 1.29 is 4.79 Å². The number of hydrogen-bond acceptors (Lipinski definition) is 1. The monoisotopic (exact) mass is 152 g/mol. The molecule has 0 N–H and O–H groups in total. The van der Waals surface area contributed by atoms with Crippen LogP contribution in [0.25, 0.3) is 0 Å². The van der Waals surface area contributed by atoms with Crippen LogP contribution in [-0.2, 0) is 4.79 Å². The summed E-state index contributed by atoms with van der Waals surface area (Å²) in [5, 5.41) is 0. The van der Waals surface area contributed by atoms with Crippen molar-refractivity contribution in [3.8, 4) is 0 Å². The quantitative estimate of drug-likeness (QED) is 0.311. The van der Waals surface area contributed by atoms with Gasteiger partial charge in [0.2, 0.25) is 0 Å². The lowest BCUT2D eigenvalue weighted by molar-refractivity contribution is -0.107. The maximum Gasteiger partial charge on any atom is 0.119 e. The van der Waals surface area contributed by atoms with Crippen LogP contribution in [0.4, 0.5) is 0 Å². The highest BCUT2D eigenvalue weighted by molar-refractivity contribution is 5.48. The molecule has 0 atom stereocenters. The van der Waals surface area contributed by atoms with Gasteiger partial charge in [-0.3, -0.25) is 0 Å². The molecular formula is C10H16O. The number of aldehydes is 1. The fraction of sp³-hybridized carbons (Fsp3) is 0.500. The standard InChI is InChI=1S/C10H16O/c1-2-3-4-5-6-7-8-9-10-11/h2-4,10H,1,5-9H2/b4-3+. The fourth-order valence-corrected chi connectivity index (χ4v) is 0.859. The van der Waals surface area contributed by atoms with Crippen LogP contribution in [0.15, 0.2) is 24.8 Å². The molecule has 0 radical (unpaired) electrons. The maximum atomic E-state index is 9.91. The van der Waals surface area contributed by atoms with Gasteiger partial charge in [0.05, 0.1) is 0 Å². The smallest absolute Gasteiger partial charge is 0.119 e. The summed E-state index contributed by atoms with van der Waals surface area (Å²) in [6, 6.07) is 0. The highest BCUT2D eigenvalue weighted by Crippen LogP contribution is 2.01. The molecule has 62 valence electrons. The second-order valence-corrected chi connectivity index (χ2v) is 2.47. The molecule has 1 nitrogen and oxygen atoms in total. The highest BCUT2D eigenvalue weighted by Gasteiger charge is 1.85. The molecule has 0 unspecified atom stereocenters. The van der Waals surface area contributed by atoms with E-state index in [4.69, 9.17) is 0 Å². The lowest BCUT2D eigenvalue weighted by Crippen LogP contribution is -1.77. The van der Waals surface area contributed by atoms with E-state index in [0.717, 1.165) is 25.5 Å². The predicted octanol–water partition coefficient (Wildman–Crippen LogP) is 2.88. The van der Waals surface area contributed by atoms with Gasteiger partial charge in [0.1, 0.15) is 6.29 Å². The van der Waals surface area contributed by atoms with Crippen LogP contribution in [0.1, 0.15) is 32.1 Å². The SMILES string of the molecule is C=C/C=C/CCCCCC=O. The molecule has 0 fully saturated rings. The number of unbranched alkanes of at least 4 members (excludes halogenated alkanes) is 4. The lowest BCUT2D eigenvalue weighted by Gasteiger charge is -1.92. The molecule has 0 heterocycles. The molecule has 0 saturated carbocycles. The van der Waals surface area contributed by atoms with Gasteiger partial charge in [-0.25, -0.2) is 0 Å². The molecule has 0 bridgehead atoms. The van der Waals surface area contributed by atoms with Gasteiger partial charge < -0.3 is 4.79 Å². The van der Waals surface area contributed by atoms with E-state index < -0.39 is 0 Å². The van der Waals surface area contributed by atoms with E-state index in [1.165, 1.54) is 6.42 Å². The maximum absolute atomic E-state index is 9.91. The molecule has 0 amide bonds. The van der Waals surface area contributed by atoms with Crippen LogP contribution in [0, 0.1) is 0 Å². The molecule has 1 heteroatoms. The minimum absolute atomic E-state index is 0.713. The van der Waals surface area contributed by atoms with Gasteiger partial charge in [-0.2, -0.15) is 0 Å². The zero-order chi connectivity index (χ0) is 8.36. The van der Waals surface area contributed by atoms with Crippen LogP contribution in [-0.4, -0.2) is 6.29 Å². The summed E-state index contributed by atoms with van der Waals surface area (Å²) in [6.07, 6.45) is 12.0. The van der Waals surface area contributed by atoms with Crippen LogP contribution >= 0.6 is 0 Å². The van der Waals surface area contributed by atoms with Gasteiger partial charge in [0, 0.05) is 6.42 Å². The Morgan fingerprint density at radius 3 is 2.45 bits per heavy atom. The zero-order valence-electron chi connectivity index (χ0n) is 6.96. The van der Waals surface area contributed by atoms with E-state index in [0.29, 0.717) is 6.42 Å². The molecule has 0 aliphatic heterocycles. The third-order valence-electron chi connectivity index (χ3n) is 1.46. The van der Waals surface area contributed by atoms with E-state index in [1.54, 1.807) is 6.08 Å². The Bertz CT molecular complexity index is 125. The Hall–Kier alpha value is -0.850. The molecule has 0 aromatic rings. The first-order valence-electron chi connectivity index (χ1n) is 4.13. The summed E-state index contributed by atoms with van der Waals surface area (Å²) in [5.74, 6) is 0.